The summed E-state index contributed by atoms with van der Waals surface area (Å²) >= 11 is 6.47. The van der Waals surface area contributed by atoms with E-state index in [1.54, 1.807) is 44.1 Å². The van der Waals surface area contributed by atoms with Gasteiger partial charge in [0.2, 0.25) is 0 Å². The lowest BCUT2D eigenvalue weighted by Crippen LogP contribution is -2.40. The normalized spacial score (nSPS) is 13.7. The molecule has 224 valence electrons. The molecule has 3 heterocycles. The van der Waals surface area contributed by atoms with Gasteiger partial charge in [-0.1, -0.05) is 16.8 Å². The van der Waals surface area contributed by atoms with E-state index >= 15 is 0 Å². The van der Waals surface area contributed by atoms with Crippen LogP contribution in [0.25, 0.3) is 22.6 Å². The quantitative estimate of drug-likeness (QED) is 0.334. The molecule has 13 heteroatoms. The first-order valence-corrected chi connectivity index (χ1v) is 13.8. The number of hydrogen-bond donors (Lipinski definition) is 3. The number of nitrogens with zero attached hydrogens (tertiary/aromatic N) is 4. The average Bonchev–Trinajstić information content (AvgIpc) is 3.31. The monoisotopic (exact) mass is 590 g/mol. The maximum atomic E-state index is 11.0. The van der Waals surface area contributed by atoms with Gasteiger partial charge in [0.05, 0.1) is 41.8 Å². The van der Waals surface area contributed by atoms with Gasteiger partial charge in [-0.25, -0.2) is 14.8 Å². The number of aryl methyl sites for hydroxylation is 2. The number of aliphatic hydroxyl groups is 1. The average molecular weight is 591 g/mol. The van der Waals surface area contributed by atoms with Gasteiger partial charge < -0.3 is 39.4 Å². The zero-order valence-corrected chi connectivity index (χ0v) is 25.2. The molecule has 2 aromatic heterocycles. The summed E-state index contributed by atoms with van der Waals surface area (Å²) < 4.78 is 20.9. The molecule has 0 bridgehead atoms. The number of likely N-dealkylation sites (N-methyl/N-ethyl adjacent to an activating group) is 1. The van der Waals surface area contributed by atoms with Gasteiger partial charge in [-0.15, -0.1) is 0 Å². The minimum atomic E-state index is -0.619. The van der Waals surface area contributed by atoms with Crippen LogP contribution in [0.2, 0.25) is 5.02 Å². The fraction of sp³-hybridized carbons (Fsp3) is 0.500. The molecule has 1 atom stereocenters. The molecule has 0 spiro atoms. The van der Waals surface area contributed by atoms with Crippen LogP contribution in [0.15, 0.2) is 22.7 Å². The van der Waals surface area contributed by atoms with Crippen molar-refractivity contribution in [3.05, 3.63) is 40.2 Å². The number of carbonyl (C=O) groups is 1. The number of anilines is 1. The van der Waals surface area contributed by atoms with E-state index in [1.807, 2.05) is 20.8 Å². The number of halogens is 1. The fourth-order valence-electron chi connectivity index (χ4n) is 4.16. The van der Waals surface area contributed by atoms with E-state index in [1.165, 1.54) is 0 Å². The molecule has 1 unspecified atom stereocenters. The molecule has 0 aliphatic carbocycles. The molecule has 0 radical (unpaired) electrons. The second-order valence-electron chi connectivity index (χ2n) is 9.28. The van der Waals surface area contributed by atoms with Gasteiger partial charge in [-0.2, -0.15) is 0 Å². The van der Waals surface area contributed by atoms with Crippen LogP contribution < -0.4 is 15.4 Å². The third kappa shape index (κ3) is 8.52. The summed E-state index contributed by atoms with van der Waals surface area (Å²) in [5.41, 5.74) is 3.83. The molecule has 12 nitrogen and oxygen atoms in total. The minimum Gasteiger partial charge on any atom is -0.491 e. The van der Waals surface area contributed by atoms with Crippen molar-refractivity contribution in [3.8, 4) is 28.4 Å². The topological polar surface area (TPSA) is 144 Å². The SMILES string of the molecule is CCOC(=O)N1CCOCC1.CNCC(O)COc1ccc(Cl)c(-c2nc(NC)c(C)c(-c3c(C)noc3C)n2)c1. The van der Waals surface area contributed by atoms with Crippen LogP contribution >= 0.6 is 11.6 Å². The Labute approximate surface area is 245 Å². The highest BCUT2D eigenvalue weighted by Crippen LogP contribution is 2.35. The Morgan fingerprint density at radius 1 is 1.20 bits per heavy atom. The summed E-state index contributed by atoms with van der Waals surface area (Å²) in [5.74, 6) is 2.38. The van der Waals surface area contributed by atoms with Gasteiger partial charge in [0.25, 0.3) is 0 Å². The predicted molar refractivity (Wildman–Crippen MR) is 157 cm³/mol. The zero-order valence-electron chi connectivity index (χ0n) is 24.4. The van der Waals surface area contributed by atoms with E-state index in [-0.39, 0.29) is 12.7 Å². The lowest BCUT2D eigenvalue weighted by atomic mass is 10.0. The van der Waals surface area contributed by atoms with Crippen molar-refractivity contribution in [1.29, 1.82) is 0 Å². The van der Waals surface area contributed by atoms with Crippen LogP contribution in [0, 0.1) is 20.8 Å². The number of morpholine rings is 1. The first-order chi connectivity index (χ1) is 19.7. The molecule has 1 amide bonds. The summed E-state index contributed by atoms with van der Waals surface area (Å²) in [4.78, 5) is 22.1. The van der Waals surface area contributed by atoms with Crippen molar-refractivity contribution in [2.45, 2.75) is 33.8 Å². The largest absolute Gasteiger partial charge is 0.491 e. The van der Waals surface area contributed by atoms with Gasteiger partial charge in [0.15, 0.2) is 5.82 Å². The number of ether oxygens (including phenoxy) is 3. The predicted octanol–water partition coefficient (Wildman–Crippen LogP) is 3.85. The van der Waals surface area contributed by atoms with E-state index in [0.717, 1.165) is 22.5 Å². The number of amides is 1. The molecule has 1 aromatic carbocycles. The van der Waals surface area contributed by atoms with Crippen LogP contribution in [-0.2, 0) is 9.47 Å². The van der Waals surface area contributed by atoms with Gasteiger partial charge in [-0.05, 0) is 52.9 Å². The molecule has 3 N–H and O–H groups in total. The van der Waals surface area contributed by atoms with Crippen LogP contribution in [0.4, 0.5) is 10.6 Å². The molecule has 1 aliphatic rings. The number of hydrogen-bond acceptors (Lipinski definition) is 11. The fourth-order valence-corrected chi connectivity index (χ4v) is 4.36. The van der Waals surface area contributed by atoms with E-state index in [4.69, 9.17) is 35.3 Å². The van der Waals surface area contributed by atoms with Crippen molar-refractivity contribution in [2.75, 3.05) is 65.5 Å². The Morgan fingerprint density at radius 2 is 1.93 bits per heavy atom. The van der Waals surface area contributed by atoms with Crippen molar-refractivity contribution in [3.63, 3.8) is 0 Å². The molecule has 1 saturated heterocycles. The summed E-state index contributed by atoms with van der Waals surface area (Å²) in [7, 11) is 3.58. The number of aliphatic hydroxyl groups excluding tert-OH is 1. The van der Waals surface area contributed by atoms with Crippen molar-refractivity contribution in [2.24, 2.45) is 0 Å². The molecule has 1 aliphatic heterocycles. The number of aromatic nitrogens is 3. The highest BCUT2D eigenvalue weighted by molar-refractivity contribution is 6.33. The molecule has 41 heavy (non-hydrogen) atoms. The molecule has 0 saturated carbocycles. The number of nitrogens with one attached hydrogen (secondary N) is 2. The van der Waals surface area contributed by atoms with Crippen LogP contribution in [0.5, 0.6) is 5.75 Å². The van der Waals surface area contributed by atoms with Gasteiger partial charge in [0.1, 0.15) is 30.0 Å². The smallest absolute Gasteiger partial charge is 0.409 e. The molecule has 1 fully saturated rings. The number of benzene rings is 1. The Hall–Kier alpha value is -3.45. The molecule has 3 aromatic rings. The third-order valence-corrected chi connectivity index (χ3v) is 6.58. The van der Waals surface area contributed by atoms with Gasteiger partial charge in [0, 0.05) is 37.8 Å². The summed E-state index contributed by atoms with van der Waals surface area (Å²) in [5, 5.41) is 20.4. The minimum absolute atomic E-state index is 0.156. The highest BCUT2D eigenvalue weighted by atomic mass is 35.5. The highest BCUT2D eigenvalue weighted by Gasteiger charge is 2.21. The molecule has 4 rings (SSSR count). The Balaban J connectivity index is 0.000000352. The number of rotatable bonds is 9. The van der Waals surface area contributed by atoms with Crippen molar-refractivity contribution >= 4 is 23.5 Å². The second-order valence-corrected chi connectivity index (χ2v) is 9.69. The lowest BCUT2D eigenvalue weighted by Gasteiger charge is -2.25. The number of carbonyl (C=O) groups excluding carboxylic acids is 1. The summed E-state index contributed by atoms with van der Waals surface area (Å²) in [6, 6.07) is 5.25. The summed E-state index contributed by atoms with van der Waals surface area (Å²) in [6.45, 7) is 11.1. The maximum Gasteiger partial charge on any atom is 0.409 e. The Bertz CT molecular complexity index is 1280. The standard InChI is InChI=1S/C21H26ClN5O3.C7H13NO3/c1-11-19(18-12(2)27-30-13(18)3)25-21(26-20(11)24-5)16-8-15(6-7-17(16)22)29-10-14(28)9-23-4;1-2-11-7(9)8-3-5-10-6-4-8/h6-8,14,23,28H,9-10H2,1-5H3,(H,24,25,26);2-6H2,1H3. The van der Waals surface area contributed by atoms with Gasteiger partial charge in [-0.3, -0.25) is 0 Å². The molecular formula is C28H39ClN6O6. The van der Waals surface area contributed by atoms with E-state index in [0.29, 0.717) is 73.2 Å². The summed E-state index contributed by atoms with van der Waals surface area (Å²) in [6.07, 6.45) is -0.845. The van der Waals surface area contributed by atoms with Crippen LogP contribution in [0.3, 0.4) is 0 Å². The zero-order chi connectivity index (χ0) is 29.9. The first-order valence-electron chi connectivity index (χ1n) is 13.4. The maximum absolute atomic E-state index is 11.0. The Morgan fingerprint density at radius 3 is 2.54 bits per heavy atom. The van der Waals surface area contributed by atoms with Gasteiger partial charge >= 0.3 is 6.09 Å². The van der Waals surface area contributed by atoms with Crippen LogP contribution in [0.1, 0.15) is 23.9 Å². The van der Waals surface area contributed by atoms with E-state index in [2.05, 4.69) is 20.8 Å². The van der Waals surface area contributed by atoms with Crippen molar-refractivity contribution < 1.29 is 28.6 Å². The van der Waals surface area contributed by atoms with Crippen LogP contribution in [-0.4, -0.2) is 97.5 Å². The third-order valence-electron chi connectivity index (χ3n) is 6.25. The van der Waals surface area contributed by atoms with Crippen molar-refractivity contribution in [1.82, 2.24) is 25.3 Å². The molecular weight excluding hydrogens is 552 g/mol. The Kier molecular flexibility index (Phi) is 12.1. The van der Waals surface area contributed by atoms with E-state index in [9.17, 15) is 9.90 Å². The second kappa shape index (κ2) is 15.5. The first kappa shape index (κ1) is 32.1. The lowest BCUT2D eigenvalue weighted by molar-refractivity contribution is 0.0286. The van der Waals surface area contributed by atoms with E-state index < -0.39 is 6.10 Å².